The summed E-state index contributed by atoms with van der Waals surface area (Å²) < 4.78 is 0. The molecule has 2 fully saturated rings. The minimum Gasteiger partial charge on any atom is -0.353 e. The van der Waals surface area contributed by atoms with Crippen LogP contribution in [0, 0.1) is 13.8 Å². The highest BCUT2D eigenvalue weighted by atomic mass is 32.1. The van der Waals surface area contributed by atoms with E-state index in [9.17, 15) is 14.4 Å². The largest absolute Gasteiger partial charge is 0.353 e. The number of aromatic nitrogens is 3. The number of nitrogens with one attached hydrogen (secondary N) is 2. The Hall–Kier alpha value is -3.58. The van der Waals surface area contributed by atoms with Crippen LogP contribution in [0.2, 0.25) is 0 Å². The quantitative estimate of drug-likeness (QED) is 0.476. The molecule has 0 atom stereocenters. The molecule has 0 aliphatic carbocycles. The molecule has 13 heteroatoms. The fourth-order valence-electron chi connectivity index (χ4n) is 4.74. The van der Waals surface area contributed by atoms with E-state index in [0.717, 1.165) is 41.8 Å². The molecule has 3 aromatic rings. The van der Waals surface area contributed by atoms with Crippen LogP contribution in [0.3, 0.4) is 0 Å². The van der Waals surface area contributed by atoms with E-state index >= 15 is 0 Å². The molecule has 0 bridgehead atoms. The van der Waals surface area contributed by atoms with Gasteiger partial charge in [-0.25, -0.2) is 19.7 Å². The maximum Gasteiger partial charge on any atom is 0.320 e. The van der Waals surface area contributed by atoms with Gasteiger partial charge in [0.1, 0.15) is 16.4 Å². The Morgan fingerprint density at radius 3 is 2.29 bits per heavy atom. The van der Waals surface area contributed by atoms with Crippen molar-refractivity contribution in [3.8, 4) is 0 Å². The van der Waals surface area contributed by atoms with Crippen molar-refractivity contribution in [2.75, 3.05) is 44.2 Å². The number of carbonyl (C=O) groups excluding carboxylic acids is 3. The molecule has 2 saturated heterocycles. The SMILES string of the molecule is Cc1nc(C)c(C(=O)NNC(=O)c2csc(C3CCN(C(=O)N4CCN(c5ccccn5)CC4)CC3)n2)s1. The summed E-state index contributed by atoms with van der Waals surface area (Å²) in [4.78, 5) is 57.7. The van der Waals surface area contributed by atoms with Gasteiger partial charge in [0.2, 0.25) is 0 Å². The highest BCUT2D eigenvalue weighted by Crippen LogP contribution is 2.31. The summed E-state index contributed by atoms with van der Waals surface area (Å²) in [5.74, 6) is 0.289. The second-order valence-electron chi connectivity index (χ2n) is 9.33. The molecular formula is C25H30N8O3S2. The van der Waals surface area contributed by atoms with Gasteiger partial charge in [-0.1, -0.05) is 6.07 Å². The Bertz CT molecular complexity index is 1290. The number of pyridine rings is 1. The number of aryl methyl sites for hydroxylation is 2. The first-order valence-electron chi connectivity index (χ1n) is 12.6. The molecule has 200 valence electrons. The summed E-state index contributed by atoms with van der Waals surface area (Å²) >= 11 is 2.72. The van der Waals surface area contributed by atoms with E-state index < -0.39 is 11.8 Å². The van der Waals surface area contributed by atoms with Gasteiger partial charge in [-0.05, 0) is 38.8 Å². The van der Waals surface area contributed by atoms with Crippen molar-refractivity contribution in [1.29, 1.82) is 0 Å². The van der Waals surface area contributed by atoms with Gasteiger partial charge >= 0.3 is 6.03 Å². The average molecular weight is 555 g/mol. The number of nitrogens with zero attached hydrogens (tertiary/aromatic N) is 6. The highest BCUT2D eigenvalue weighted by Gasteiger charge is 2.30. The zero-order valence-electron chi connectivity index (χ0n) is 21.3. The molecule has 0 saturated carbocycles. The fourth-order valence-corrected chi connectivity index (χ4v) is 6.53. The third kappa shape index (κ3) is 5.78. The molecule has 0 unspecified atom stereocenters. The van der Waals surface area contributed by atoms with Gasteiger partial charge in [0, 0.05) is 56.8 Å². The van der Waals surface area contributed by atoms with Crippen molar-refractivity contribution in [3.05, 3.63) is 56.1 Å². The van der Waals surface area contributed by atoms with Crippen LogP contribution in [0.5, 0.6) is 0 Å². The van der Waals surface area contributed by atoms with Gasteiger partial charge in [0.15, 0.2) is 0 Å². The Morgan fingerprint density at radius 1 is 0.921 bits per heavy atom. The number of urea groups is 1. The first-order valence-corrected chi connectivity index (χ1v) is 14.3. The zero-order valence-corrected chi connectivity index (χ0v) is 23.0. The average Bonchev–Trinajstić information content (AvgIpc) is 3.58. The van der Waals surface area contributed by atoms with Crippen LogP contribution in [0.25, 0.3) is 0 Å². The monoisotopic (exact) mass is 554 g/mol. The van der Waals surface area contributed by atoms with Crippen LogP contribution in [-0.2, 0) is 0 Å². The molecule has 11 nitrogen and oxygen atoms in total. The van der Waals surface area contributed by atoms with E-state index in [1.165, 1.54) is 22.7 Å². The molecule has 2 aliphatic rings. The molecule has 0 spiro atoms. The molecular weight excluding hydrogens is 524 g/mol. The van der Waals surface area contributed by atoms with Gasteiger partial charge in [-0.3, -0.25) is 20.4 Å². The van der Waals surface area contributed by atoms with Crippen molar-refractivity contribution in [2.45, 2.75) is 32.6 Å². The van der Waals surface area contributed by atoms with Crippen LogP contribution in [0.15, 0.2) is 29.8 Å². The second kappa shape index (κ2) is 11.4. The lowest BCUT2D eigenvalue weighted by molar-refractivity contribution is 0.0846. The summed E-state index contributed by atoms with van der Waals surface area (Å²) in [6.07, 6.45) is 3.39. The van der Waals surface area contributed by atoms with E-state index in [-0.39, 0.29) is 17.6 Å². The van der Waals surface area contributed by atoms with Crippen LogP contribution in [0.1, 0.15) is 54.6 Å². The van der Waals surface area contributed by atoms with Gasteiger partial charge < -0.3 is 14.7 Å². The van der Waals surface area contributed by atoms with E-state index in [1.54, 1.807) is 18.5 Å². The molecule has 2 aliphatic heterocycles. The number of thiazole rings is 2. The minimum atomic E-state index is -0.461. The van der Waals surface area contributed by atoms with E-state index in [2.05, 4.69) is 30.7 Å². The van der Waals surface area contributed by atoms with Crippen LogP contribution < -0.4 is 15.8 Å². The molecule has 3 aromatic heterocycles. The van der Waals surface area contributed by atoms with Crippen LogP contribution >= 0.6 is 22.7 Å². The number of carbonyl (C=O) groups is 3. The predicted molar refractivity (Wildman–Crippen MR) is 146 cm³/mol. The summed E-state index contributed by atoms with van der Waals surface area (Å²) in [5.41, 5.74) is 5.78. The minimum absolute atomic E-state index is 0.0884. The Labute approximate surface area is 228 Å². The van der Waals surface area contributed by atoms with Gasteiger partial charge in [-0.15, -0.1) is 22.7 Å². The Balaban J connectivity index is 1.08. The number of likely N-dealkylation sites (tertiary alicyclic amines) is 1. The number of anilines is 1. The molecule has 38 heavy (non-hydrogen) atoms. The second-order valence-corrected chi connectivity index (χ2v) is 11.4. The van der Waals surface area contributed by atoms with E-state index in [1.807, 2.05) is 34.9 Å². The summed E-state index contributed by atoms with van der Waals surface area (Å²) in [6.45, 7) is 7.81. The normalized spacial score (nSPS) is 16.4. The third-order valence-electron chi connectivity index (χ3n) is 6.79. The number of amides is 4. The number of hydrogen-bond donors (Lipinski definition) is 2. The van der Waals surface area contributed by atoms with E-state index in [4.69, 9.17) is 0 Å². The zero-order chi connectivity index (χ0) is 26.6. The van der Waals surface area contributed by atoms with Crippen molar-refractivity contribution in [1.82, 2.24) is 35.6 Å². The van der Waals surface area contributed by atoms with Crippen molar-refractivity contribution < 1.29 is 14.4 Å². The summed E-state index contributed by atoms with van der Waals surface area (Å²) in [7, 11) is 0. The van der Waals surface area contributed by atoms with Gasteiger partial charge in [-0.2, -0.15) is 0 Å². The topological polar surface area (TPSA) is 124 Å². The summed E-state index contributed by atoms with van der Waals surface area (Å²) in [5, 5.41) is 3.38. The lowest BCUT2D eigenvalue weighted by Crippen LogP contribution is -2.54. The number of hydrazine groups is 1. The van der Waals surface area contributed by atoms with Crippen LogP contribution in [0.4, 0.5) is 10.6 Å². The van der Waals surface area contributed by atoms with Crippen molar-refractivity contribution in [2.24, 2.45) is 0 Å². The standard InChI is InChI=1S/C25H30N8O3S2/c1-16-21(38-17(2)27-16)23(35)30-29-22(34)19-15-37-24(28-19)18-6-9-32(10-7-18)25(36)33-13-11-31(12-14-33)20-5-3-4-8-26-20/h3-5,8,15,18H,6-7,9-14H2,1-2H3,(H,29,34)(H,30,35). The molecule has 4 amide bonds. The number of piperazine rings is 1. The smallest absolute Gasteiger partial charge is 0.320 e. The third-order valence-corrected chi connectivity index (χ3v) is 8.87. The highest BCUT2D eigenvalue weighted by molar-refractivity contribution is 7.13. The Kier molecular flexibility index (Phi) is 7.84. The lowest BCUT2D eigenvalue weighted by atomic mass is 9.98. The molecule has 2 N–H and O–H groups in total. The first-order chi connectivity index (χ1) is 18.4. The summed E-state index contributed by atoms with van der Waals surface area (Å²) in [6, 6.07) is 5.97. The maximum atomic E-state index is 13.1. The molecule has 0 aromatic carbocycles. The number of piperidine rings is 1. The number of hydrogen-bond acceptors (Lipinski definition) is 9. The molecule has 5 heterocycles. The van der Waals surface area contributed by atoms with Gasteiger partial charge in [0.05, 0.1) is 15.7 Å². The van der Waals surface area contributed by atoms with Crippen molar-refractivity contribution in [3.63, 3.8) is 0 Å². The molecule has 5 rings (SSSR count). The predicted octanol–water partition coefficient (Wildman–Crippen LogP) is 2.81. The fraction of sp³-hybridized carbons (Fsp3) is 0.440. The van der Waals surface area contributed by atoms with Gasteiger partial charge in [0.25, 0.3) is 11.8 Å². The van der Waals surface area contributed by atoms with E-state index in [0.29, 0.717) is 36.8 Å². The molecule has 0 radical (unpaired) electrons. The maximum absolute atomic E-state index is 13.1. The first kappa shape index (κ1) is 26.0. The Morgan fingerprint density at radius 2 is 1.63 bits per heavy atom. The number of rotatable bonds is 4. The van der Waals surface area contributed by atoms with Crippen LogP contribution in [-0.4, -0.2) is 81.9 Å². The lowest BCUT2D eigenvalue weighted by Gasteiger charge is -2.39. The van der Waals surface area contributed by atoms with Crippen molar-refractivity contribution >= 4 is 46.3 Å².